The summed E-state index contributed by atoms with van der Waals surface area (Å²) in [5, 5.41) is 39.4. The third-order valence-electron chi connectivity index (χ3n) is 12.4. The molecule has 8 unspecified atom stereocenters. The SMILES string of the molecule is CCCC1OC2CC3C4CCC5=CC(=O)C=CC5(C)C4C(O)CC3(C)[C@]2(C(=O)COC(=O)Cc2ccccc2/N=N/c2ccc(O)c(C(=O)O)c2)O1. The van der Waals surface area contributed by atoms with Crippen LogP contribution in [0.4, 0.5) is 11.4 Å². The fraction of sp³-hybridized carbons (Fsp3) is 0.500. The van der Waals surface area contributed by atoms with E-state index in [0.29, 0.717) is 30.5 Å². The first kappa shape index (κ1) is 35.9. The summed E-state index contributed by atoms with van der Waals surface area (Å²) in [6.45, 7) is 5.61. The lowest BCUT2D eigenvalue weighted by Crippen LogP contribution is -2.63. The van der Waals surface area contributed by atoms with Crippen molar-refractivity contribution >= 4 is 34.9 Å². The number of carbonyl (C=O) groups excluding carboxylic acids is 3. The topological polar surface area (TPSA) is 181 Å². The van der Waals surface area contributed by atoms with E-state index in [0.717, 1.165) is 24.8 Å². The van der Waals surface area contributed by atoms with Crippen LogP contribution in [-0.4, -0.2) is 69.5 Å². The highest BCUT2D eigenvalue weighted by molar-refractivity contribution is 6.01. The highest BCUT2D eigenvalue weighted by Gasteiger charge is 2.75. The zero-order valence-corrected chi connectivity index (χ0v) is 29.5. The van der Waals surface area contributed by atoms with Crippen LogP contribution in [0.15, 0.2) is 76.5 Å². The molecule has 0 aromatic heterocycles. The molecule has 4 fully saturated rings. The van der Waals surface area contributed by atoms with Crippen molar-refractivity contribution in [2.45, 2.75) is 89.8 Å². The van der Waals surface area contributed by atoms with Gasteiger partial charge in [0.15, 0.2) is 24.3 Å². The molecule has 1 aliphatic heterocycles. The molecule has 3 N–H and O–H groups in total. The molecule has 0 radical (unpaired) electrons. The number of aliphatic hydroxyl groups excluding tert-OH is 1. The number of aromatic hydroxyl groups is 1. The van der Waals surface area contributed by atoms with E-state index in [-0.39, 0.29) is 47.0 Å². The van der Waals surface area contributed by atoms with Crippen LogP contribution in [0.5, 0.6) is 5.75 Å². The molecule has 4 aliphatic carbocycles. The van der Waals surface area contributed by atoms with Crippen LogP contribution in [-0.2, 0) is 35.0 Å². The highest BCUT2D eigenvalue weighted by atomic mass is 16.7. The van der Waals surface area contributed by atoms with Gasteiger partial charge in [-0.3, -0.25) is 14.4 Å². The first-order valence-electron chi connectivity index (χ1n) is 18.0. The van der Waals surface area contributed by atoms with Crippen molar-refractivity contribution in [3.05, 3.63) is 77.4 Å². The molecule has 0 bridgehead atoms. The first-order chi connectivity index (χ1) is 24.8. The average molecular weight is 713 g/mol. The number of fused-ring (bicyclic) bond motifs is 7. The van der Waals surface area contributed by atoms with Gasteiger partial charge in [-0.1, -0.05) is 57.0 Å². The number of ketones is 2. The Morgan fingerprint density at radius 1 is 1.10 bits per heavy atom. The molecule has 3 saturated carbocycles. The van der Waals surface area contributed by atoms with Gasteiger partial charge in [0, 0.05) is 16.7 Å². The van der Waals surface area contributed by atoms with Gasteiger partial charge in [-0.05, 0) is 85.9 Å². The van der Waals surface area contributed by atoms with Gasteiger partial charge in [0.25, 0.3) is 0 Å². The summed E-state index contributed by atoms with van der Waals surface area (Å²) in [5.41, 5.74) is -0.923. The minimum absolute atomic E-state index is 0.00470. The molecule has 2 aromatic rings. The first-order valence-corrected chi connectivity index (χ1v) is 18.0. The Balaban J connectivity index is 1.09. The number of esters is 1. The van der Waals surface area contributed by atoms with Crippen molar-refractivity contribution in [1.29, 1.82) is 0 Å². The third kappa shape index (κ3) is 5.81. The number of aromatic carboxylic acids is 1. The summed E-state index contributed by atoms with van der Waals surface area (Å²) in [7, 11) is 0. The number of hydrogen-bond acceptors (Lipinski definition) is 11. The molecule has 7 rings (SSSR count). The van der Waals surface area contributed by atoms with Crippen molar-refractivity contribution in [3.8, 4) is 5.75 Å². The highest BCUT2D eigenvalue weighted by Crippen LogP contribution is 2.69. The maximum absolute atomic E-state index is 14.5. The Kier molecular flexibility index (Phi) is 9.29. The van der Waals surface area contributed by atoms with Crippen molar-refractivity contribution in [1.82, 2.24) is 0 Å². The van der Waals surface area contributed by atoms with Crippen LogP contribution in [0, 0.1) is 28.6 Å². The lowest BCUT2D eigenvalue weighted by atomic mass is 9.46. The second-order valence-electron chi connectivity index (χ2n) is 15.2. The van der Waals surface area contributed by atoms with Crippen LogP contribution in [0.2, 0.25) is 0 Å². The zero-order chi connectivity index (χ0) is 37.0. The minimum atomic E-state index is -1.41. The number of carbonyl (C=O) groups is 4. The van der Waals surface area contributed by atoms with Gasteiger partial charge < -0.3 is 29.5 Å². The van der Waals surface area contributed by atoms with E-state index in [9.17, 15) is 34.5 Å². The largest absolute Gasteiger partial charge is 0.507 e. The number of Topliss-reactive ketones (excluding diaryl/α,β-unsaturated/α-hetero) is 1. The summed E-state index contributed by atoms with van der Waals surface area (Å²) < 4.78 is 18.8. The molecule has 12 nitrogen and oxygen atoms in total. The van der Waals surface area contributed by atoms with Crippen LogP contribution < -0.4 is 0 Å². The molecular formula is C40H44N2O10. The number of allylic oxidation sites excluding steroid dienone is 4. The van der Waals surface area contributed by atoms with Crippen LogP contribution in [0.25, 0.3) is 0 Å². The zero-order valence-electron chi connectivity index (χ0n) is 29.5. The van der Waals surface area contributed by atoms with Crippen LogP contribution in [0.1, 0.15) is 75.2 Å². The Labute approximate surface area is 301 Å². The van der Waals surface area contributed by atoms with Gasteiger partial charge in [-0.2, -0.15) is 10.2 Å². The normalized spacial score (nSPS) is 34.6. The Morgan fingerprint density at radius 2 is 1.88 bits per heavy atom. The van der Waals surface area contributed by atoms with Gasteiger partial charge in [-0.15, -0.1) is 0 Å². The number of hydrogen-bond donors (Lipinski definition) is 3. The molecule has 52 heavy (non-hydrogen) atoms. The molecule has 274 valence electrons. The van der Waals surface area contributed by atoms with E-state index in [2.05, 4.69) is 17.2 Å². The molecule has 2 aromatic carbocycles. The smallest absolute Gasteiger partial charge is 0.339 e. The third-order valence-corrected chi connectivity index (χ3v) is 12.4. The minimum Gasteiger partial charge on any atom is -0.507 e. The van der Waals surface area contributed by atoms with Gasteiger partial charge in [0.1, 0.15) is 11.3 Å². The Morgan fingerprint density at radius 3 is 2.65 bits per heavy atom. The van der Waals surface area contributed by atoms with E-state index < -0.39 is 59.2 Å². The van der Waals surface area contributed by atoms with Crippen molar-refractivity contribution in [3.63, 3.8) is 0 Å². The number of carboxylic acid groups (broad SMARTS) is 1. The van der Waals surface area contributed by atoms with E-state index in [1.165, 1.54) is 18.2 Å². The maximum Gasteiger partial charge on any atom is 0.339 e. The summed E-state index contributed by atoms with van der Waals surface area (Å²) in [5.74, 6) is -2.86. The van der Waals surface area contributed by atoms with Crippen LogP contribution in [0.3, 0.4) is 0 Å². The standard InChI is InChI=1S/C40H44N2O10/c1-4-7-35-51-33-19-28-26-12-10-23-17-25(43)14-15-38(23,2)36(26)31(45)20-39(28,3)40(33,52-35)32(46)21-50-34(47)16-22-8-5-6-9-29(22)42-41-24-11-13-30(44)27(18-24)37(48)49/h5-6,8-9,11,13-15,17-18,26,28,31,33,35-36,44-45H,4,7,10,12,16,19-21H2,1-3H3,(H,48,49)/b42-41+/t26?,28?,31?,33?,35?,36?,38?,39?,40-/m1/s1. The number of nitrogens with zero attached hydrogens (tertiary/aromatic N) is 2. The number of benzene rings is 2. The van der Waals surface area contributed by atoms with E-state index >= 15 is 0 Å². The Bertz CT molecular complexity index is 1900. The summed E-state index contributed by atoms with van der Waals surface area (Å²) >= 11 is 0. The monoisotopic (exact) mass is 712 g/mol. The molecular weight excluding hydrogens is 668 g/mol. The van der Waals surface area contributed by atoms with E-state index in [1.54, 1.807) is 36.4 Å². The second kappa shape index (κ2) is 13.5. The van der Waals surface area contributed by atoms with Crippen molar-refractivity contribution in [2.24, 2.45) is 38.8 Å². The molecule has 9 atom stereocenters. The fourth-order valence-electron chi connectivity index (χ4n) is 10.1. The predicted molar refractivity (Wildman–Crippen MR) is 186 cm³/mol. The van der Waals surface area contributed by atoms with Gasteiger partial charge in [0.2, 0.25) is 5.78 Å². The predicted octanol–water partition coefficient (Wildman–Crippen LogP) is 6.33. The fourth-order valence-corrected chi connectivity index (χ4v) is 10.1. The lowest BCUT2D eigenvalue weighted by Gasteiger charge is -2.59. The molecule has 0 spiro atoms. The van der Waals surface area contributed by atoms with Crippen molar-refractivity contribution in [2.75, 3.05) is 6.61 Å². The quantitative estimate of drug-likeness (QED) is 0.186. The van der Waals surface area contributed by atoms with Gasteiger partial charge >= 0.3 is 11.9 Å². The molecule has 12 heteroatoms. The molecule has 1 saturated heterocycles. The lowest BCUT2D eigenvalue weighted by molar-refractivity contribution is -0.201. The van der Waals surface area contributed by atoms with Gasteiger partial charge in [0.05, 0.1) is 30.0 Å². The summed E-state index contributed by atoms with van der Waals surface area (Å²) in [6.07, 6.45) is 6.91. The number of phenols is 1. The average Bonchev–Trinajstić information content (AvgIpc) is 3.59. The molecule has 5 aliphatic rings. The van der Waals surface area contributed by atoms with Crippen molar-refractivity contribution < 1.29 is 48.7 Å². The van der Waals surface area contributed by atoms with Gasteiger partial charge in [-0.25, -0.2) is 4.79 Å². The maximum atomic E-state index is 14.5. The summed E-state index contributed by atoms with van der Waals surface area (Å²) in [6, 6.07) is 10.6. The second-order valence-corrected chi connectivity index (χ2v) is 15.2. The Hall–Kier alpha value is -4.52. The van der Waals surface area contributed by atoms with E-state index in [4.69, 9.17) is 14.2 Å². The molecule has 1 heterocycles. The van der Waals surface area contributed by atoms with E-state index in [1.807, 2.05) is 19.9 Å². The van der Waals surface area contributed by atoms with Crippen LogP contribution >= 0.6 is 0 Å². The molecule has 0 amide bonds. The number of carboxylic acids is 1. The number of aliphatic hydroxyl groups is 1. The number of rotatable bonds is 10. The summed E-state index contributed by atoms with van der Waals surface area (Å²) in [4.78, 5) is 51.5. The number of ether oxygens (including phenoxy) is 3. The number of azo groups is 1.